The second-order valence-electron chi connectivity index (χ2n) is 5.73. The summed E-state index contributed by atoms with van der Waals surface area (Å²) in [6, 6.07) is 9.58. The van der Waals surface area contributed by atoms with E-state index >= 15 is 0 Å². The fourth-order valence-corrected chi connectivity index (χ4v) is 2.16. The molecule has 140 valence electrons. The molecule has 2 atom stereocenters. The number of amides is 1. The van der Waals surface area contributed by atoms with Gasteiger partial charge in [0.15, 0.2) is 5.82 Å². The third-order valence-electron chi connectivity index (χ3n) is 3.60. The number of hydrogen-bond donors (Lipinski definition) is 2. The second kappa shape index (κ2) is 9.91. The lowest BCUT2D eigenvalue weighted by Crippen LogP contribution is -2.28. The van der Waals surface area contributed by atoms with Crippen LogP contribution in [0.2, 0.25) is 0 Å². The summed E-state index contributed by atoms with van der Waals surface area (Å²) in [5.41, 5.74) is 0. The highest BCUT2D eigenvalue weighted by Gasteiger charge is 2.15. The van der Waals surface area contributed by atoms with Gasteiger partial charge in [-0.3, -0.25) is 10.1 Å². The van der Waals surface area contributed by atoms with Crippen LogP contribution < -0.4 is 15.4 Å². The zero-order valence-corrected chi connectivity index (χ0v) is 16.0. The smallest absolute Gasteiger partial charge is 0.234 e. The Morgan fingerprint density at radius 3 is 2.46 bits per heavy atom. The molecule has 2 aromatic rings. The van der Waals surface area contributed by atoms with E-state index < -0.39 is 5.38 Å². The van der Waals surface area contributed by atoms with E-state index in [1.165, 1.54) is 0 Å². The number of para-hydroxylation sites is 1. The van der Waals surface area contributed by atoms with Gasteiger partial charge < -0.3 is 10.1 Å². The lowest BCUT2D eigenvalue weighted by Gasteiger charge is -2.18. The standard InChI is InChI=1S/C18H24ClN5O2/c1-4-13(11-26-14-9-7-6-8-10-14)20-17-22-16(12(3)19)23-18(24-17)21-15(25)5-2/h6-10,12-13H,4-5,11H2,1-3H3,(H2,20,21,22,23,24,25). The summed E-state index contributed by atoms with van der Waals surface area (Å²) in [4.78, 5) is 24.4. The van der Waals surface area contributed by atoms with E-state index in [9.17, 15) is 4.79 Å². The molecule has 2 rings (SSSR count). The number of carbonyl (C=O) groups is 1. The maximum absolute atomic E-state index is 11.6. The van der Waals surface area contributed by atoms with Crippen molar-refractivity contribution in [2.45, 2.75) is 45.0 Å². The Morgan fingerprint density at radius 2 is 1.85 bits per heavy atom. The summed E-state index contributed by atoms with van der Waals surface area (Å²) >= 11 is 6.11. The molecule has 0 saturated heterocycles. The molecule has 7 nitrogen and oxygen atoms in total. The minimum Gasteiger partial charge on any atom is -0.491 e. The summed E-state index contributed by atoms with van der Waals surface area (Å²) in [6.07, 6.45) is 1.14. The summed E-state index contributed by atoms with van der Waals surface area (Å²) in [5.74, 6) is 1.58. The topological polar surface area (TPSA) is 89.0 Å². The fraction of sp³-hybridized carbons (Fsp3) is 0.444. The Hall–Kier alpha value is -2.41. The Morgan fingerprint density at radius 1 is 1.15 bits per heavy atom. The average Bonchev–Trinajstić information content (AvgIpc) is 2.65. The van der Waals surface area contributed by atoms with Gasteiger partial charge >= 0.3 is 0 Å². The van der Waals surface area contributed by atoms with Crippen molar-refractivity contribution in [2.24, 2.45) is 0 Å². The van der Waals surface area contributed by atoms with Crippen molar-refractivity contribution >= 4 is 29.4 Å². The van der Waals surface area contributed by atoms with Crippen molar-refractivity contribution in [3.05, 3.63) is 36.2 Å². The lowest BCUT2D eigenvalue weighted by atomic mass is 10.2. The predicted octanol–water partition coefficient (Wildman–Crippen LogP) is 3.79. The third kappa shape index (κ3) is 6.15. The van der Waals surface area contributed by atoms with Crippen LogP contribution in [-0.2, 0) is 4.79 Å². The zero-order chi connectivity index (χ0) is 18.9. The first-order chi connectivity index (χ1) is 12.5. The van der Waals surface area contributed by atoms with Gasteiger partial charge in [0.1, 0.15) is 12.4 Å². The third-order valence-corrected chi connectivity index (χ3v) is 3.80. The maximum Gasteiger partial charge on any atom is 0.234 e. The zero-order valence-electron chi connectivity index (χ0n) is 15.2. The van der Waals surface area contributed by atoms with Crippen molar-refractivity contribution in [1.82, 2.24) is 15.0 Å². The number of alkyl halides is 1. The summed E-state index contributed by atoms with van der Waals surface area (Å²) < 4.78 is 5.79. The van der Waals surface area contributed by atoms with E-state index in [0.717, 1.165) is 12.2 Å². The van der Waals surface area contributed by atoms with E-state index in [1.807, 2.05) is 37.3 Å². The number of nitrogens with zero attached hydrogens (tertiary/aromatic N) is 3. The van der Waals surface area contributed by atoms with Crippen LogP contribution in [-0.4, -0.2) is 33.5 Å². The first-order valence-electron chi connectivity index (χ1n) is 8.66. The summed E-state index contributed by atoms with van der Waals surface area (Å²) in [6.45, 7) is 6.02. The van der Waals surface area contributed by atoms with Gasteiger partial charge in [-0.15, -0.1) is 11.6 Å². The SMILES string of the molecule is CCC(=O)Nc1nc(NC(CC)COc2ccccc2)nc(C(C)Cl)n1. The molecule has 1 amide bonds. The van der Waals surface area contributed by atoms with E-state index in [2.05, 4.69) is 25.6 Å². The Bertz CT molecular complexity index is 712. The predicted molar refractivity (Wildman–Crippen MR) is 103 cm³/mol. The molecule has 0 spiro atoms. The highest BCUT2D eigenvalue weighted by Crippen LogP contribution is 2.19. The molecule has 0 fully saturated rings. The van der Waals surface area contributed by atoms with Crippen LogP contribution in [0.1, 0.15) is 44.8 Å². The van der Waals surface area contributed by atoms with Crippen molar-refractivity contribution in [3.63, 3.8) is 0 Å². The number of nitrogens with one attached hydrogen (secondary N) is 2. The van der Waals surface area contributed by atoms with Crippen LogP contribution in [0.15, 0.2) is 30.3 Å². The molecule has 0 aliphatic heterocycles. The molecule has 2 N–H and O–H groups in total. The molecule has 0 saturated carbocycles. The summed E-state index contributed by atoms with van der Waals surface area (Å²) in [7, 11) is 0. The number of carbonyl (C=O) groups excluding carboxylic acids is 1. The quantitative estimate of drug-likeness (QED) is 0.646. The number of benzene rings is 1. The van der Waals surface area contributed by atoms with Crippen LogP contribution in [0.4, 0.5) is 11.9 Å². The van der Waals surface area contributed by atoms with Crippen molar-refractivity contribution in [1.29, 1.82) is 0 Å². The van der Waals surface area contributed by atoms with E-state index in [1.54, 1.807) is 13.8 Å². The monoisotopic (exact) mass is 377 g/mol. The molecule has 0 bridgehead atoms. The number of hydrogen-bond acceptors (Lipinski definition) is 6. The Balaban J connectivity index is 2.10. The van der Waals surface area contributed by atoms with Gasteiger partial charge in [-0.05, 0) is 25.5 Å². The molecule has 0 aliphatic rings. The molecular weight excluding hydrogens is 354 g/mol. The van der Waals surface area contributed by atoms with Crippen LogP contribution in [0.5, 0.6) is 5.75 Å². The van der Waals surface area contributed by atoms with Crippen molar-refractivity contribution < 1.29 is 9.53 Å². The Kier molecular flexibility index (Phi) is 7.59. The normalized spacial score (nSPS) is 12.9. The highest BCUT2D eigenvalue weighted by atomic mass is 35.5. The van der Waals surface area contributed by atoms with E-state index in [-0.39, 0.29) is 17.9 Å². The van der Waals surface area contributed by atoms with Crippen molar-refractivity contribution in [3.8, 4) is 5.75 Å². The van der Waals surface area contributed by atoms with Crippen LogP contribution in [0.25, 0.3) is 0 Å². The average molecular weight is 378 g/mol. The van der Waals surface area contributed by atoms with Gasteiger partial charge in [-0.25, -0.2) is 0 Å². The molecule has 2 unspecified atom stereocenters. The first-order valence-corrected chi connectivity index (χ1v) is 9.09. The molecule has 26 heavy (non-hydrogen) atoms. The number of ether oxygens (including phenoxy) is 1. The molecule has 0 aliphatic carbocycles. The minimum atomic E-state index is -0.406. The van der Waals surface area contributed by atoms with Crippen molar-refractivity contribution in [2.75, 3.05) is 17.2 Å². The molecule has 1 aromatic carbocycles. The highest BCUT2D eigenvalue weighted by molar-refractivity contribution is 6.20. The fourth-order valence-electron chi connectivity index (χ4n) is 2.06. The van der Waals surface area contributed by atoms with Crippen LogP contribution >= 0.6 is 11.6 Å². The van der Waals surface area contributed by atoms with E-state index in [0.29, 0.717) is 24.8 Å². The summed E-state index contributed by atoms with van der Waals surface area (Å²) in [5, 5.41) is 5.47. The molecule has 8 heteroatoms. The van der Waals surface area contributed by atoms with Gasteiger partial charge in [0, 0.05) is 6.42 Å². The van der Waals surface area contributed by atoms with Gasteiger partial charge in [-0.2, -0.15) is 15.0 Å². The molecular formula is C18H24ClN5O2. The van der Waals surface area contributed by atoms with Crippen LogP contribution in [0.3, 0.4) is 0 Å². The minimum absolute atomic E-state index is 0.00851. The van der Waals surface area contributed by atoms with Gasteiger partial charge in [0.05, 0.1) is 11.4 Å². The molecule has 1 heterocycles. The first kappa shape index (κ1) is 19.9. The molecule has 1 aromatic heterocycles. The van der Waals surface area contributed by atoms with E-state index in [4.69, 9.17) is 16.3 Å². The maximum atomic E-state index is 11.6. The van der Waals surface area contributed by atoms with Gasteiger partial charge in [0.25, 0.3) is 0 Å². The number of halogens is 1. The largest absolute Gasteiger partial charge is 0.491 e. The van der Waals surface area contributed by atoms with Crippen LogP contribution in [0, 0.1) is 0 Å². The van der Waals surface area contributed by atoms with Gasteiger partial charge in [-0.1, -0.05) is 32.0 Å². The number of rotatable bonds is 9. The van der Waals surface area contributed by atoms with Gasteiger partial charge in [0.2, 0.25) is 17.8 Å². The molecule has 0 radical (unpaired) electrons. The Labute approximate surface area is 158 Å². The number of aromatic nitrogens is 3. The number of anilines is 2. The second-order valence-corrected chi connectivity index (χ2v) is 6.39. The lowest BCUT2D eigenvalue weighted by molar-refractivity contribution is -0.115.